The molecule has 5 nitrogen and oxygen atoms in total. The largest absolute Gasteiger partial charge is 0.486 e. The van der Waals surface area contributed by atoms with Crippen LogP contribution in [-0.4, -0.2) is 15.6 Å². The fourth-order valence-corrected chi connectivity index (χ4v) is 2.81. The number of aryl methyl sites for hydroxylation is 1. The maximum absolute atomic E-state index is 13.6. The topological polar surface area (TPSA) is 59.1 Å². The molecule has 0 fully saturated rings. The van der Waals surface area contributed by atoms with Crippen LogP contribution in [0.2, 0.25) is 0 Å². The monoisotopic (exact) mass is 430 g/mol. The van der Waals surface area contributed by atoms with E-state index in [2.05, 4.69) is 20.6 Å². The van der Waals surface area contributed by atoms with E-state index in [4.69, 9.17) is 4.74 Å². The zero-order valence-corrected chi connectivity index (χ0v) is 17.8. The third-order valence-corrected chi connectivity index (χ3v) is 4.27. The lowest BCUT2D eigenvalue weighted by atomic mass is 10.1. The van der Waals surface area contributed by atoms with Crippen molar-refractivity contribution >= 4 is 23.1 Å². The molecule has 0 amide bonds. The summed E-state index contributed by atoms with van der Waals surface area (Å²) in [5.41, 5.74) is 0.717. The fraction of sp³-hybridized carbons (Fsp3) is 0.304. The van der Waals surface area contributed by atoms with Crippen molar-refractivity contribution in [1.29, 1.82) is 0 Å². The molecule has 0 aliphatic rings. The number of para-hydroxylation sites is 2. The Hall–Kier alpha value is -3.29. The van der Waals surface area contributed by atoms with Crippen molar-refractivity contribution in [3.8, 4) is 5.75 Å². The minimum Gasteiger partial charge on any atom is -0.486 e. The average molecular weight is 430 g/mol. The molecule has 1 heterocycles. The van der Waals surface area contributed by atoms with Gasteiger partial charge >= 0.3 is 6.18 Å². The van der Waals surface area contributed by atoms with Gasteiger partial charge in [-0.15, -0.1) is 0 Å². The highest BCUT2D eigenvalue weighted by atomic mass is 19.4. The maximum atomic E-state index is 13.6. The number of anilines is 4. The van der Waals surface area contributed by atoms with E-state index in [9.17, 15) is 13.2 Å². The Morgan fingerprint density at radius 2 is 1.61 bits per heavy atom. The van der Waals surface area contributed by atoms with Crippen LogP contribution in [0.4, 0.5) is 36.3 Å². The molecule has 164 valence electrons. The number of hydrogen-bond donors (Lipinski definition) is 2. The van der Waals surface area contributed by atoms with Crippen LogP contribution in [0.15, 0.2) is 54.7 Å². The Labute approximate surface area is 179 Å². The third-order valence-electron chi connectivity index (χ3n) is 4.27. The average Bonchev–Trinajstić information content (AvgIpc) is 2.68. The molecule has 0 saturated carbocycles. The Bertz CT molecular complexity index is 1030. The van der Waals surface area contributed by atoms with E-state index in [1.54, 1.807) is 24.3 Å². The molecular weight excluding hydrogens is 405 g/mol. The zero-order chi connectivity index (χ0) is 22.6. The van der Waals surface area contributed by atoms with Gasteiger partial charge in [0.05, 0.1) is 5.69 Å². The summed E-state index contributed by atoms with van der Waals surface area (Å²) in [4.78, 5) is 7.95. The molecule has 0 radical (unpaired) electrons. The predicted octanol–water partition coefficient (Wildman–Crippen LogP) is 6.72. The number of nitrogens with one attached hydrogen (secondary N) is 2. The minimum absolute atomic E-state index is 0.0500. The molecular formula is C23H25F3N4O. The van der Waals surface area contributed by atoms with Crippen molar-refractivity contribution in [3.05, 3.63) is 65.9 Å². The first-order chi connectivity index (χ1) is 14.5. The molecule has 0 aliphatic carbocycles. The molecule has 31 heavy (non-hydrogen) atoms. The Balaban J connectivity index is 1.95. The van der Waals surface area contributed by atoms with Crippen LogP contribution in [0.1, 0.15) is 38.8 Å². The van der Waals surface area contributed by atoms with E-state index in [-0.39, 0.29) is 11.8 Å². The molecule has 0 unspecified atom stereocenters. The number of aromatic nitrogens is 2. The molecule has 0 aliphatic heterocycles. The number of ether oxygens (including phenoxy) is 1. The summed E-state index contributed by atoms with van der Waals surface area (Å²) < 4.78 is 46.7. The number of nitrogens with zero attached hydrogens (tertiary/aromatic N) is 2. The van der Waals surface area contributed by atoms with Gasteiger partial charge in [0, 0.05) is 11.9 Å². The quantitative estimate of drug-likeness (QED) is 0.454. The van der Waals surface area contributed by atoms with Crippen LogP contribution >= 0.6 is 0 Å². The molecule has 3 aromatic rings. The van der Waals surface area contributed by atoms with Gasteiger partial charge in [0.15, 0.2) is 0 Å². The van der Waals surface area contributed by atoms with Gasteiger partial charge < -0.3 is 15.4 Å². The molecule has 0 bridgehead atoms. The molecule has 2 aromatic carbocycles. The highest BCUT2D eigenvalue weighted by molar-refractivity contribution is 5.67. The molecule has 3 rings (SSSR count). The van der Waals surface area contributed by atoms with Gasteiger partial charge in [-0.1, -0.05) is 31.2 Å². The number of benzene rings is 2. The first kappa shape index (κ1) is 22.4. The molecule has 2 N–H and O–H groups in total. The van der Waals surface area contributed by atoms with Crippen molar-refractivity contribution in [2.24, 2.45) is 0 Å². The van der Waals surface area contributed by atoms with Gasteiger partial charge in [0.1, 0.15) is 22.7 Å². The summed E-state index contributed by atoms with van der Waals surface area (Å²) in [5.74, 6) is 0.112. The van der Waals surface area contributed by atoms with Crippen molar-refractivity contribution < 1.29 is 17.9 Å². The van der Waals surface area contributed by atoms with E-state index in [0.717, 1.165) is 18.2 Å². The minimum atomic E-state index is -4.62. The van der Waals surface area contributed by atoms with Gasteiger partial charge in [-0.3, -0.25) is 0 Å². The Morgan fingerprint density at radius 3 is 2.23 bits per heavy atom. The van der Waals surface area contributed by atoms with Crippen LogP contribution in [0.25, 0.3) is 0 Å². The molecule has 1 aromatic heterocycles. The van der Waals surface area contributed by atoms with Crippen molar-refractivity contribution in [1.82, 2.24) is 9.97 Å². The molecule has 8 heteroatoms. The standard InChI is InChI=1S/C23H25F3N4O/c1-5-15-10-12-16(13-11-15)28-21-27-14-17(23(24,25)26)20(30-21)29-18-8-6-7-9-19(18)31-22(2,3)4/h6-14H,5H2,1-4H3,(H2,27,28,29,30). The van der Waals surface area contributed by atoms with E-state index < -0.39 is 17.3 Å². The first-order valence-corrected chi connectivity index (χ1v) is 9.90. The lowest BCUT2D eigenvalue weighted by molar-refractivity contribution is -0.137. The molecule has 0 atom stereocenters. The van der Waals surface area contributed by atoms with Crippen LogP contribution in [0, 0.1) is 0 Å². The van der Waals surface area contributed by atoms with Crippen molar-refractivity contribution in [2.75, 3.05) is 10.6 Å². The zero-order valence-electron chi connectivity index (χ0n) is 17.8. The lowest BCUT2D eigenvalue weighted by Gasteiger charge is -2.24. The van der Waals surface area contributed by atoms with Crippen LogP contribution < -0.4 is 15.4 Å². The number of hydrogen-bond acceptors (Lipinski definition) is 5. The van der Waals surface area contributed by atoms with Crippen molar-refractivity contribution in [3.63, 3.8) is 0 Å². The number of halogens is 3. The Morgan fingerprint density at radius 1 is 0.935 bits per heavy atom. The SMILES string of the molecule is CCc1ccc(Nc2ncc(C(F)(F)F)c(Nc3ccccc3OC(C)(C)C)n2)cc1. The highest BCUT2D eigenvalue weighted by Gasteiger charge is 2.35. The first-order valence-electron chi connectivity index (χ1n) is 9.90. The predicted molar refractivity (Wildman–Crippen MR) is 116 cm³/mol. The third kappa shape index (κ3) is 6.10. The second-order valence-electron chi connectivity index (χ2n) is 7.96. The van der Waals surface area contributed by atoms with Gasteiger partial charge in [0.2, 0.25) is 5.95 Å². The van der Waals surface area contributed by atoms with Gasteiger partial charge in [-0.25, -0.2) is 4.98 Å². The van der Waals surface area contributed by atoms with E-state index in [1.165, 1.54) is 0 Å². The summed E-state index contributed by atoms with van der Waals surface area (Å²) in [6, 6.07) is 14.3. The van der Waals surface area contributed by atoms with Crippen LogP contribution in [0.5, 0.6) is 5.75 Å². The summed E-state index contributed by atoms with van der Waals surface area (Å²) in [5, 5.41) is 5.73. The lowest BCUT2D eigenvalue weighted by Crippen LogP contribution is -2.23. The van der Waals surface area contributed by atoms with Crippen molar-refractivity contribution in [2.45, 2.75) is 45.9 Å². The normalized spacial score (nSPS) is 11.8. The van der Waals surface area contributed by atoms with Gasteiger partial charge in [0.25, 0.3) is 0 Å². The summed E-state index contributed by atoms with van der Waals surface area (Å²) in [7, 11) is 0. The van der Waals surface area contributed by atoms with E-state index in [1.807, 2.05) is 52.0 Å². The second kappa shape index (κ2) is 8.83. The number of rotatable bonds is 6. The van der Waals surface area contributed by atoms with E-state index >= 15 is 0 Å². The number of alkyl halides is 3. The molecule has 0 saturated heterocycles. The second-order valence-corrected chi connectivity index (χ2v) is 7.96. The van der Waals surface area contributed by atoms with E-state index in [0.29, 0.717) is 17.1 Å². The Kier molecular flexibility index (Phi) is 6.38. The smallest absolute Gasteiger partial charge is 0.421 e. The molecule has 0 spiro atoms. The maximum Gasteiger partial charge on any atom is 0.421 e. The summed E-state index contributed by atoms with van der Waals surface area (Å²) in [6.07, 6.45) is -2.96. The van der Waals surface area contributed by atoms with Crippen LogP contribution in [0.3, 0.4) is 0 Å². The highest BCUT2D eigenvalue weighted by Crippen LogP contribution is 2.37. The fourth-order valence-electron chi connectivity index (χ4n) is 2.81. The van der Waals surface area contributed by atoms with Crippen LogP contribution in [-0.2, 0) is 12.6 Å². The summed E-state index contributed by atoms with van der Waals surface area (Å²) in [6.45, 7) is 7.63. The summed E-state index contributed by atoms with van der Waals surface area (Å²) >= 11 is 0. The van der Waals surface area contributed by atoms with Gasteiger partial charge in [-0.05, 0) is 57.0 Å². The van der Waals surface area contributed by atoms with Gasteiger partial charge in [-0.2, -0.15) is 18.2 Å².